The lowest BCUT2D eigenvalue weighted by molar-refractivity contribution is 0.633. The Morgan fingerprint density at radius 1 is 1.00 bits per heavy atom. The summed E-state index contributed by atoms with van der Waals surface area (Å²) in [7, 11) is 0. The number of hydrogen-bond acceptors (Lipinski definition) is 4. The lowest BCUT2D eigenvalue weighted by Crippen LogP contribution is -2.04. The van der Waals surface area contributed by atoms with Crippen molar-refractivity contribution in [3.63, 3.8) is 0 Å². The van der Waals surface area contributed by atoms with Crippen LogP contribution in [0.4, 0.5) is 0 Å². The molecule has 0 fully saturated rings. The highest BCUT2D eigenvalue weighted by atomic mass is 15.4. The van der Waals surface area contributed by atoms with Crippen LogP contribution in [0.3, 0.4) is 0 Å². The van der Waals surface area contributed by atoms with E-state index in [2.05, 4.69) is 56.5 Å². The average Bonchev–Trinajstić information content (AvgIpc) is 3.17. The first-order chi connectivity index (χ1) is 11.2. The second kappa shape index (κ2) is 5.31. The molecule has 1 aromatic carbocycles. The zero-order valence-electron chi connectivity index (χ0n) is 13.0. The molecule has 4 aromatic rings. The van der Waals surface area contributed by atoms with Gasteiger partial charge in [-0.05, 0) is 25.5 Å². The van der Waals surface area contributed by atoms with Crippen molar-refractivity contribution in [2.45, 2.75) is 20.4 Å². The number of benzene rings is 1. The van der Waals surface area contributed by atoms with Gasteiger partial charge in [-0.15, -0.1) is 5.10 Å². The molecule has 0 saturated carbocycles. The molecule has 6 nitrogen and oxygen atoms in total. The van der Waals surface area contributed by atoms with Gasteiger partial charge >= 0.3 is 0 Å². The first-order valence-electron chi connectivity index (χ1n) is 7.46. The molecule has 0 aliphatic heterocycles. The van der Waals surface area contributed by atoms with Crippen LogP contribution in [0.5, 0.6) is 0 Å². The summed E-state index contributed by atoms with van der Waals surface area (Å²) in [4.78, 5) is 11.7. The van der Waals surface area contributed by atoms with Crippen molar-refractivity contribution in [1.82, 2.24) is 29.9 Å². The van der Waals surface area contributed by atoms with Gasteiger partial charge < -0.3 is 4.98 Å². The van der Waals surface area contributed by atoms with Crippen molar-refractivity contribution in [1.29, 1.82) is 0 Å². The maximum absolute atomic E-state index is 4.40. The van der Waals surface area contributed by atoms with Crippen molar-refractivity contribution in [3.8, 4) is 11.4 Å². The smallest absolute Gasteiger partial charge is 0.141 e. The number of nitrogens with zero attached hydrogens (tertiary/aromatic N) is 5. The van der Waals surface area contributed by atoms with Crippen molar-refractivity contribution in [3.05, 3.63) is 59.7 Å². The molecular formula is C17H16N6. The zero-order valence-corrected chi connectivity index (χ0v) is 13.0. The van der Waals surface area contributed by atoms with Crippen LogP contribution < -0.4 is 0 Å². The third-order valence-electron chi connectivity index (χ3n) is 4.01. The molecule has 0 atom stereocenters. The summed E-state index contributed by atoms with van der Waals surface area (Å²) in [5, 5.41) is 9.59. The fourth-order valence-corrected chi connectivity index (χ4v) is 2.66. The van der Waals surface area contributed by atoms with Gasteiger partial charge in [0.2, 0.25) is 0 Å². The van der Waals surface area contributed by atoms with Crippen LogP contribution in [0.1, 0.15) is 16.8 Å². The van der Waals surface area contributed by atoms with Gasteiger partial charge in [-0.25, -0.2) is 14.6 Å². The first-order valence-corrected chi connectivity index (χ1v) is 7.46. The zero-order chi connectivity index (χ0) is 15.8. The Morgan fingerprint density at radius 3 is 2.65 bits per heavy atom. The molecule has 114 valence electrons. The summed E-state index contributed by atoms with van der Waals surface area (Å²) in [6, 6.07) is 10.4. The molecule has 4 rings (SSSR count). The predicted octanol–water partition coefficient (Wildman–Crippen LogP) is 2.88. The molecule has 3 heterocycles. The van der Waals surface area contributed by atoms with E-state index in [1.165, 1.54) is 11.1 Å². The molecular weight excluding hydrogens is 288 g/mol. The van der Waals surface area contributed by atoms with E-state index in [1.54, 1.807) is 6.33 Å². The fraction of sp³-hybridized carbons (Fsp3) is 0.176. The largest absolute Gasteiger partial charge is 0.346 e. The fourth-order valence-electron chi connectivity index (χ4n) is 2.66. The molecule has 0 bridgehead atoms. The van der Waals surface area contributed by atoms with Crippen molar-refractivity contribution < 1.29 is 0 Å². The van der Waals surface area contributed by atoms with Crippen LogP contribution in [0, 0.1) is 13.8 Å². The van der Waals surface area contributed by atoms with Crippen molar-refractivity contribution >= 4 is 11.0 Å². The Kier molecular flexibility index (Phi) is 3.15. The highest BCUT2D eigenvalue weighted by Gasteiger charge is 2.15. The quantitative estimate of drug-likeness (QED) is 0.631. The normalized spacial score (nSPS) is 11.2. The molecule has 3 aromatic heterocycles. The summed E-state index contributed by atoms with van der Waals surface area (Å²) >= 11 is 0. The summed E-state index contributed by atoms with van der Waals surface area (Å²) in [6.45, 7) is 4.80. The van der Waals surface area contributed by atoms with E-state index in [1.807, 2.05) is 23.9 Å². The molecule has 0 unspecified atom stereocenters. The number of hydrogen-bond donors (Lipinski definition) is 1. The number of rotatable bonds is 3. The molecule has 0 spiro atoms. The molecule has 23 heavy (non-hydrogen) atoms. The van der Waals surface area contributed by atoms with Gasteiger partial charge in [-0.2, -0.15) is 0 Å². The Hall–Kier alpha value is -3.02. The van der Waals surface area contributed by atoms with E-state index in [0.29, 0.717) is 6.54 Å². The Balaban J connectivity index is 1.73. The molecule has 0 saturated heterocycles. The summed E-state index contributed by atoms with van der Waals surface area (Å²) in [6.07, 6.45) is 3.40. The number of aromatic amines is 1. The third kappa shape index (κ3) is 2.38. The van der Waals surface area contributed by atoms with Crippen LogP contribution in [0.2, 0.25) is 0 Å². The Morgan fingerprint density at radius 2 is 1.83 bits per heavy atom. The van der Waals surface area contributed by atoms with Gasteiger partial charge in [-0.3, -0.25) is 0 Å². The van der Waals surface area contributed by atoms with Gasteiger partial charge in [0.25, 0.3) is 0 Å². The van der Waals surface area contributed by atoms with Gasteiger partial charge in [0.1, 0.15) is 23.4 Å². The topological polar surface area (TPSA) is 72.3 Å². The maximum Gasteiger partial charge on any atom is 0.141 e. The van der Waals surface area contributed by atoms with Gasteiger partial charge in [0, 0.05) is 11.6 Å². The molecule has 1 N–H and O–H groups in total. The predicted molar refractivity (Wildman–Crippen MR) is 87.9 cm³/mol. The van der Waals surface area contributed by atoms with Crippen LogP contribution in [0.25, 0.3) is 22.4 Å². The lowest BCUT2D eigenvalue weighted by Gasteiger charge is -2.05. The molecule has 0 aliphatic rings. The summed E-state index contributed by atoms with van der Waals surface area (Å²) in [5.41, 5.74) is 5.85. The van der Waals surface area contributed by atoms with Gasteiger partial charge in [0.15, 0.2) is 0 Å². The second-order valence-corrected chi connectivity index (χ2v) is 5.63. The van der Waals surface area contributed by atoms with E-state index in [0.717, 1.165) is 28.1 Å². The molecule has 0 radical (unpaired) electrons. The Labute approximate surface area is 133 Å². The SMILES string of the molecule is Cc1ccc(Cn2nnc(-c3ncnc4[nH]ccc34)c2C)cc1. The van der Waals surface area contributed by atoms with Gasteiger partial charge in [0.05, 0.1) is 12.2 Å². The van der Waals surface area contributed by atoms with Crippen molar-refractivity contribution in [2.24, 2.45) is 0 Å². The molecule has 6 heteroatoms. The molecule has 0 amide bonds. The number of fused-ring (bicyclic) bond motifs is 1. The highest BCUT2D eigenvalue weighted by Crippen LogP contribution is 2.25. The third-order valence-corrected chi connectivity index (χ3v) is 4.01. The first kappa shape index (κ1) is 13.6. The number of aryl methyl sites for hydroxylation is 1. The van der Waals surface area contributed by atoms with Crippen LogP contribution in [-0.4, -0.2) is 29.9 Å². The highest BCUT2D eigenvalue weighted by molar-refractivity contribution is 5.89. The van der Waals surface area contributed by atoms with Crippen LogP contribution >= 0.6 is 0 Å². The van der Waals surface area contributed by atoms with E-state index >= 15 is 0 Å². The minimum atomic E-state index is 0.695. The lowest BCUT2D eigenvalue weighted by atomic mass is 10.1. The Bertz CT molecular complexity index is 964. The van der Waals surface area contributed by atoms with Gasteiger partial charge in [-0.1, -0.05) is 35.0 Å². The monoisotopic (exact) mass is 304 g/mol. The van der Waals surface area contributed by atoms with Crippen LogP contribution in [-0.2, 0) is 6.54 Å². The van der Waals surface area contributed by atoms with E-state index in [4.69, 9.17) is 0 Å². The average molecular weight is 304 g/mol. The second-order valence-electron chi connectivity index (χ2n) is 5.63. The standard InChI is InChI=1S/C17H16N6/c1-11-3-5-13(6-4-11)9-23-12(2)15(21-22-23)16-14-7-8-18-17(14)20-10-19-16/h3-8,10H,9H2,1-2H3,(H,18,19,20). The number of H-pyrrole nitrogens is 1. The number of aromatic nitrogens is 6. The van der Waals surface area contributed by atoms with E-state index < -0.39 is 0 Å². The van der Waals surface area contributed by atoms with Crippen LogP contribution in [0.15, 0.2) is 42.9 Å². The number of nitrogens with one attached hydrogen (secondary N) is 1. The van der Waals surface area contributed by atoms with E-state index in [9.17, 15) is 0 Å². The van der Waals surface area contributed by atoms with Crippen molar-refractivity contribution in [2.75, 3.05) is 0 Å². The van der Waals surface area contributed by atoms with E-state index in [-0.39, 0.29) is 0 Å². The maximum atomic E-state index is 4.40. The minimum Gasteiger partial charge on any atom is -0.346 e. The molecule has 0 aliphatic carbocycles. The summed E-state index contributed by atoms with van der Waals surface area (Å²) in [5.74, 6) is 0. The summed E-state index contributed by atoms with van der Waals surface area (Å²) < 4.78 is 1.90. The minimum absolute atomic E-state index is 0.695.